The SMILES string of the molecule is CNC1CC(C)(C(C)OC)Oc2ccc(Br)cc21. The first-order valence-corrected chi connectivity index (χ1v) is 6.98. The molecule has 0 fully saturated rings. The fourth-order valence-electron chi connectivity index (χ4n) is 2.45. The Morgan fingerprint density at radius 3 is 2.89 bits per heavy atom. The van der Waals surface area contributed by atoms with Crippen molar-refractivity contribution in [2.75, 3.05) is 14.2 Å². The summed E-state index contributed by atoms with van der Waals surface area (Å²) in [7, 11) is 3.71. The molecule has 1 aromatic rings. The molecule has 3 unspecified atom stereocenters. The van der Waals surface area contributed by atoms with E-state index < -0.39 is 0 Å². The molecular weight excluding hydrogens is 294 g/mol. The van der Waals surface area contributed by atoms with Crippen LogP contribution in [0.3, 0.4) is 0 Å². The van der Waals surface area contributed by atoms with Crippen LogP contribution in [0.2, 0.25) is 0 Å². The number of rotatable bonds is 3. The standard InChI is InChI=1S/C14H20BrNO2/c1-9(17-4)14(2)8-12(16-3)11-7-10(15)5-6-13(11)18-14/h5-7,9,12,16H,8H2,1-4H3. The van der Waals surface area contributed by atoms with Gasteiger partial charge in [-0.1, -0.05) is 15.9 Å². The molecule has 3 atom stereocenters. The monoisotopic (exact) mass is 313 g/mol. The highest BCUT2D eigenvalue weighted by Crippen LogP contribution is 2.42. The van der Waals surface area contributed by atoms with Gasteiger partial charge in [-0.25, -0.2) is 0 Å². The minimum absolute atomic E-state index is 0.0464. The molecule has 0 spiro atoms. The third-order valence-electron chi connectivity index (χ3n) is 3.86. The fraction of sp³-hybridized carbons (Fsp3) is 0.571. The van der Waals surface area contributed by atoms with Gasteiger partial charge in [0.15, 0.2) is 0 Å². The molecule has 0 radical (unpaired) electrons. The molecule has 1 heterocycles. The van der Waals surface area contributed by atoms with Gasteiger partial charge in [-0.15, -0.1) is 0 Å². The molecule has 1 aliphatic heterocycles. The molecule has 100 valence electrons. The number of hydrogen-bond acceptors (Lipinski definition) is 3. The Balaban J connectivity index is 2.39. The van der Waals surface area contributed by atoms with Crippen LogP contribution in [-0.4, -0.2) is 25.9 Å². The van der Waals surface area contributed by atoms with E-state index in [0.29, 0.717) is 0 Å². The summed E-state index contributed by atoms with van der Waals surface area (Å²) in [6.45, 7) is 4.16. The van der Waals surface area contributed by atoms with Crippen molar-refractivity contribution in [3.63, 3.8) is 0 Å². The van der Waals surface area contributed by atoms with E-state index in [1.165, 1.54) is 5.56 Å². The van der Waals surface area contributed by atoms with E-state index in [4.69, 9.17) is 9.47 Å². The molecule has 4 heteroatoms. The molecule has 1 aliphatic rings. The van der Waals surface area contributed by atoms with Crippen molar-refractivity contribution < 1.29 is 9.47 Å². The Hall–Kier alpha value is -0.580. The average Bonchev–Trinajstić information content (AvgIpc) is 2.37. The topological polar surface area (TPSA) is 30.5 Å². The Kier molecular flexibility index (Phi) is 3.99. The Morgan fingerprint density at radius 1 is 1.56 bits per heavy atom. The zero-order chi connectivity index (χ0) is 13.3. The predicted molar refractivity (Wildman–Crippen MR) is 76.1 cm³/mol. The Morgan fingerprint density at radius 2 is 2.28 bits per heavy atom. The highest BCUT2D eigenvalue weighted by molar-refractivity contribution is 9.10. The molecule has 0 saturated carbocycles. The van der Waals surface area contributed by atoms with Gasteiger partial charge in [-0.05, 0) is 39.1 Å². The van der Waals surface area contributed by atoms with Crippen molar-refractivity contribution in [2.45, 2.75) is 38.0 Å². The molecule has 0 aromatic heterocycles. The first kappa shape index (κ1) is 13.8. The maximum absolute atomic E-state index is 6.17. The van der Waals surface area contributed by atoms with Crippen molar-refractivity contribution in [1.82, 2.24) is 5.32 Å². The molecule has 3 nitrogen and oxygen atoms in total. The lowest BCUT2D eigenvalue weighted by Gasteiger charge is -2.42. The number of ether oxygens (including phenoxy) is 2. The van der Waals surface area contributed by atoms with E-state index in [1.54, 1.807) is 7.11 Å². The van der Waals surface area contributed by atoms with E-state index in [1.807, 2.05) is 19.2 Å². The van der Waals surface area contributed by atoms with Crippen molar-refractivity contribution in [1.29, 1.82) is 0 Å². The van der Waals surface area contributed by atoms with Crippen LogP contribution in [0.4, 0.5) is 0 Å². The van der Waals surface area contributed by atoms with Crippen LogP contribution in [0.15, 0.2) is 22.7 Å². The number of nitrogens with one attached hydrogen (secondary N) is 1. The van der Waals surface area contributed by atoms with Gasteiger partial charge in [0, 0.05) is 29.6 Å². The largest absolute Gasteiger partial charge is 0.484 e. The van der Waals surface area contributed by atoms with Crippen molar-refractivity contribution in [2.24, 2.45) is 0 Å². The zero-order valence-corrected chi connectivity index (χ0v) is 12.9. The number of halogens is 1. The van der Waals surface area contributed by atoms with Gasteiger partial charge >= 0.3 is 0 Å². The van der Waals surface area contributed by atoms with E-state index >= 15 is 0 Å². The first-order chi connectivity index (χ1) is 8.50. The Bertz CT molecular complexity index is 438. The minimum atomic E-state index is -0.302. The lowest BCUT2D eigenvalue weighted by molar-refractivity contribution is -0.0727. The van der Waals surface area contributed by atoms with Crippen LogP contribution in [0, 0.1) is 0 Å². The summed E-state index contributed by atoms with van der Waals surface area (Å²) in [4.78, 5) is 0. The molecular formula is C14H20BrNO2. The third-order valence-corrected chi connectivity index (χ3v) is 4.36. The van der Waals surface area contributed by atoms with Crippen molar-refractivity contribution in [3.8, 4) is 5.75 Å². The Labute approximate surface area is 117 Å². The number of fused-ring (bicyclic) bond motifs is 1. The average molecular weight is 314 g/mol. The predicted octanol–water partition coefficient (Wildman–Crippen LogP) is 3.29. The van der Waals surface area contributed by atoms with Gasteiger partial charge in [0.05, 0.1) is 6.10 Å². The van der Waals surface area contributed by atoms with Gasteiger partial charge in [0.25, 0.3) is 0 Å². The van der Waals surface area contributed by atoms with E-state index in [0.717, 1.165) is 16.6 Å². The summed E-state index contributed by atoms with van der Waals surface area (Å²) < 4.78 is 12.7. The van der Waals surface area contributed by atoms with E-state index in [-0.39, 0.29) is 17.7 Å². The summed E-state index contributed by atoms with van der Waals surface area (Å²) in [5.74, 6) is 0.940. The summed E-state index contributed by atoms with van der Waals surface area (Å²) >= 11 is 3.51. The second-order valence-corrected chi connectivity index (χ2v) is 5.94. The zero-order valence-electron chi connectivity index (χ0n) is 11.3. The molecule has 0 amide bonds. The van der Waals surface area contributed by atoms with Gasteiger partial charge in [-0.3, -0.25) is 0 Å². The van der Waals surface area contributed by atoms with Crippen LogP contribution in [-0.2, 0) is 4.74 Å². The number of hydrogen-bond donors (Lipinski definition) is 1. The molecule has 18 heavy (non-hydrogen) atoms. The summed E-state index contributed by atoms with van der Waals surface area (Å²) in [5, 5.41) is 3.37. The van der Waals surface area contributed by atoms with Gasteiger partial charge < -0.3 is 14.8 Å². The van der Waals surface area contributed by atoms with Crippen LogP contribution in [0.1, 0.15) is 31.9 Å². The van der Waals surface area contributed by atoms with Gasteiger partial charge in [-0.2, -0.15) is 0 Å². The highest BCUT2D eigenvalue weighted by atomic mass is 79.9. The van der Waals surface area contributed by atoms with Gasteiger partial charge in [0.1, 0.15) is 11.4 Å². The second-order valence-electron chi connectivity index (χ2n) is 5.02. The summed E-state index contributed by atoms with van der Waals surface area (Å²) in [6.07, 6.45) is 0.937. The molecule has 1 N–H and O–H groups in total. The van der Waals surface area contributed by atoms with Crippen LogP contribution >= 0.6 is 15.9 Å². The van der Waals surface area contributed by atoms with Crippen molar-refractivity contribution >= 4 is 15.9 Å². The fourth-order valence-corrected chi connectivity index (χ4v) is 2.83. The van der Waals surface area contributed by atoms with Crippen LogP contribution < -0.4 is 10.1 Å². The molecule has 0 bridgehead atoms. The molecule has 0 aliphatic carbocycles. The van der Waals surface area contributed by atoms with Gasteiger partial charge in [0.2, 0.25) is 0 Å². The molecule has 2 rings (SSSR count). The maximum Gasteiger partial charge on any atom is 0.134 e. The van der Waals surface area contributed by atoms with Crippen molar-refractivity contribution in [3.05, 3.63) is 28.2 Å². The van der Waals surface area contributed by atoms with E-state index in [9.17, 15) is 0 Å². The summed E-state index contributed by atoms with van der Waals surface area (Å²) in [5.41, 5.74) is 0.899. The quantitative estimate of drug-likeness (QED) is 0.929. The lowest BCUT2D eigenvalue weighted by Crippen LogP contribution is -2.49. The first-order valence-electron chi connectivity index (χ1n) is 6.18. The van der Waals surface area contributed by atoms with Crippen LogP contribution in [0.25, 0.3) is 0 Å². The number of methoxy groups -OCH3 is 1. The number of benzene rings is 1. The second kappa shape index (κ2) is 5.19. The normalized spacial score (nSPS) is 28.4. The molecule has 0 saturated heterocycles. The van der Waals surface area contributed by atoms with Crippen LogP contribution in [0.5, 0.6) is 5.75 Å². The summed E-state index contributed by atoms with van der Waals surface area (Å²) in [6, 6.07) is 6.43. The lowest BCUT2D eigenvalue weighted by atomic mass is 9.85. The highest BCUT2D eigenvalue weighted by Gasteiger charge is 2.41. The smallest absolute Gasteiger partial charge is 0.134 e. The molecule has 1 aromatic carbocycles. The van der Waals surface area contributed by atoms with E-state index in [2.05, 4.69) is 41.2 Å². The minimum Gasteiger partial charge on any atom is -0.484 e. The third kappa shape index (κ3) is 2.42. The maximum atomic E-state index is 6.17.